The van der Waals surface area contributed by atoms with Crippen molar-refractivity contribution in [3.8, 4) is 0 Å². The Morgan fingerprint density at radius 3 is 2.58 bits per heavy atom. The fraction of sp³-hybridized carbons (Fsp3) is 0.250. The molecule has 0 saturated carbocycles. The monoisotopic (exact) mass is 278 g/mol. The van der Waals surface area contributed by atoms with Gasteiger partial charge in [-0.2, -0.15) is 5.10 Å². The summed E-state index contributed by atoms with van der Waals surface area (Å²) in [6.07, 6.45) is 0. The number of aromatic amines is 1. The molecule has 0 fully saturated rings. The van der Waals surface area contributed by atoms with E-state index in [0.29, 0.717) is 15.7 Å². The number of carbonyl (C=O) groups excluding carboxylic acids is 2. The summed E-state index contributed by atoms with van der Waals surface area (Å²) in [4.78, 5) is 23.4. The highest BCUT2D eigenvalue weighted by Gasteiger charge is 2.13. The Hall–Kier alpha value is -2.15. The van der Waals surface area contributed by atoms with Crippen LogP contribution in [0.5, 0.6) is 0 Å². The molecule has 0 aliphatic rings. The van der Waals surface area contributed by atoms with Crippen LogP contribution in [-0.4, -0.2) is 22.0 Å². The first-order valence-corrected chi connectivity index (χ1v) is 6.49. The minimum Gasteiger partial charge on any atom is -0.318 e. The Morgan fingerprint density at radius 1 is 1.26 bits per heavy atom. The van der Waals surface area contributed by atoms with E-state index in [0.717, 1.165) is 11.3 Å². The van der Waals surface area contributed by atoms with Crippen molar-refractivity contribution < 1.29 is 9.59 Å². The smallest absolute Gasteiger partial charge is 0.267 e. The number of aromatic nitrogens is 2. The van der Waals surface area contributed by atoms with Gasteiger partial charge in [0.2, 0.25) is 5.91 Å². The second kappa shape index (κ2) is 5.23. The van der Waals surface area contributed by atoms with Crippen LogP contribution in [0, 0.1) is 13.8 Å². The van der Waals surface area contributed by atoms with E-state index in [4.69, 9.17) is 0 Å². The van der Waals surface area contributed by atoms with Crippen molar-refractivity contribution in [2.45, 2.75) is 20.8 Å². The number of aryl methyl sites for hydroxylation is 1. The topological polar surface area (TPSA) is 86.9 Å². The highest BCUT2D eigenvalue weighted by molar-refractivity contribution is 7.18. The second-order valence-corrected chi connectivity index (χ2v) is 5.21. The van der Waals surface area contributed by atoms with Crippen molar-refractivity contribution >= 4 is 34.0 Å². The normalized spacial score (nSPS) is 10.3. The van der Waals surface area contributed by atoms with Gasteiger partial charge >= 0.3 is 0 Å². The van der Waals surface area contributed by atoms with Gasteiger partial charge in [0.1, 0.15) is 0 Å². The molecule has 0 aliphatic carbocycles. The van der Waals surface area contributed by atoms with Gasteiger partial charge in [0.05, 0.1) is 9.88 Å². The van der Waals surface area contributed by atoms with Gasteiger partial charge in [0.15, 0.2) is 5.82 Å². The van der Waals surface area contributed by atoms with Gasteiger partial charge in [-0.05, 0) is 26.0 Å². The third kappa shape index (κ3) is 3.00. The number of nitrogens with one attached hydrogen (secondary N) is 3. The quantitative estimate of drug-likeness (QED) is 0.805. The van der Waals surface area contributed by atoms with E-state index in [1.54, 1.807) is 12.1 Å². The van der Waals surface area contributed by atoms with E-state index in [9.17, 15) is 9.59 Å². The molecule has 0 atom stereocenters. The van der Waals surface area contributed by atoms with Crippen LogP contribution in [0.2, 0.25) is 0 Å². The minimum atomic E-state index is -0.240. The van der Waals surface area contributed by atoms with Crippen LogP contribution in [0.4, 0.5) is 10.8 Å². The number of H-pyrrole nitrogens is 1. The maximum atomic E-state index is 12.0. The van der Waals surface area contributed by atoms with Gasteiger partial charge in [-0.15, -0.1) is 11.3 Å². The minimum absolute atomic E-state index is 0.160. The van der Waals surface area contributed by atoms with Gasteiger partial charge in [-0.3, -0.25) is 14.7 Å². The SMILES string of the molecule is CC(=O)Nc1ccc(C(=O)Nc2n[nH]c(C)c2C)s1. The zero-order valence-electron chi connectivity index (χ0n) is 10.8. The summed E-state index contributed by atoms with van der Waals surface area (Å²) in [5.74, 6) is 0.126. The molecule has 0 bridgehead atoms. The zero-order chi connectivity index (χ0) is 14.0. The van der Waals surface area contributed by atoms with Crippen LogP contribution in [-0.2, 0) is 4.79 Å². The molecule has 0 unspecified atom stereocenters. The summed E-state index contributed by atoms with van der Waals surface area (Å²) in [6.45, 7) is 5.19. The molecular weight excluding hydrogens is 264 g/mol. The zero-order valence-corrected chi connectivity index (χ0v) is 11.6. The van der Waals surface area contributed by atoms with Crippen LogP contribution < -0.4 is 10.6 Å². The van der Waals surface area contributed by atoms with Gasteiger partial charge in [-0.1, -0.05) is 0 Å². The number of thiophene rings is 1. The molecule has 2 amide bonds. The lowest BCUT2D eigenvalue weighted by molar-refractivity contribution is -0.114. The van der Waals surface area contributed by atoms with E-state index >= 15 is 0 Å². The molecule has 2 aromatic rings. The number of hydrogen-bond acceptors (Lipinski definition) is 4. The predicted molar refractivity (Wildman–Crippen MR) is 74.6 cm³/mol. The Labute approximate surface area is 114 Å². The van der Waals surface area contributed by atoms with Gasteiger partial charge in [0.25, 0.3) is 5.91 Å². The maximum Gasteiger partial charge on any atom is 0.267 e. The summed E-state index contributed by atoms with van der Waals surface area (Å²) in [5.41, 5.74) is 1.83. The lowest BCUT2D eigenvalue weighted by atomic mass is 10.3. The molecule has 0 radical (unpaired) electrons. The van der Waals surface area contributed by atoms with Gasteiger partial charge < -0.3 is 10.6 Å². The third-order valence-corrected chi connectivity index (χ3v) is 3.61. The molecule has 2 rings (SSSR count). The molecule has 2 aromatic heterocycles. The van der Waals surface area contributed by atoms with Crippen molar-refractivity contribution in [1.29, 1.82) is 0 Å². The standard InChI is InChI=1S/C12H14N4O2S/c1-6-7(2)15-16-11(6)14-12(18)9-4-5-10(19-9)13-8(3)17/h4-5H,1-3H3,(H,13,17)(H2,14,15,16,18). The van der Waals surface area contributed by atoms with Gasteiger partial charge in [0, 0.05) is 18.2 Å². The fourth-order valence-electron chi connectivity index (χ4n) is 1.48. The molecule has 2 heterocycles. The third-order valence-electron chi connectivity index (χ3n) is 2.61. The van der Waals surface area contributed by atoms with E-state index in [-0.39, 0.29) is 11.8 Å². The molecule has 6 nitrogen and oxygen atoms in total. The summed E-state index contributed by atoms with van der Waals surface area (Å²) >= 11 is 1.22. The highest BCUT2D eigenvalue weighted by Crippen LogP contribution is 2.23. The maximum absolute atomic E-state index is 12.0. The number of nitrogens with zero attached hydrogens (tertiary/aromatic N) is 1. The van der Waals surface area contributed by atoms with Gasteiger partial charge in [-0.25, -0.2) is 0 Å². The fourth-order valence-corrected chi connectivity index (χ4v) is 2.32. The number of amides is 2. The van der Waals surface area contributed by atoms with E-state index < -0.39 is 0 Å². The van der Waals surface area contributed by atoms with E-state index in [1.165, 1.54) is 18.3 Å². The molecule has 7 heteroatoms. The average molecular weight is 278 g/mol. The van der Waals surface area contributed by atoms with Crippen LogP contribution in [0.25, 0.3) is 0 Å². The van der Waals surface area contributed by atoms with Crippen LogP contribution in [0.1, 0.15) is 27.9 Å². The molecular formula is C12H14N4O2S. The number of carbonyl (C=O) groups is 2. The molecule has 0 saturated heterocycles. The number of rotatable bonds is 3. The van der Waals surface area contributed by atoms with E-state index in [2.05, 4.69) is 20.8 Å². The summed E-state index contributed by atoms with van der Waals surface area (Å²) < 4.78 is 0. The lowest BCUT2D eigenvalue weighted by Gasteiger charge is -2.00. The van der Waals surface area contributed by atoms with Crippen molar-refractivity contribution in [3.05, 3.63) is 28.3 Å². The summed E-state index contributed by atoms with van der Waals surface area (Å²) in [6, 6.07) is 3.36. The highest BCUT2D eigenvalue weighted by atomic mass is 32.1. The second-order valence-electron chi connectivity index (χ2n) is 4.12. The van der Waals surface area contributed by atoms with Crippen molar-refractivity contribution in [2.24, 2.45) is 0 Å². The molecule has 0 aliphatic heterocycles. The first kappa shape index (κ1) is 13.3. The molecule has 0 aromatic carbocycles. The largest absolute Gasteiger partial charge is 0.318 e. The summed E-state index contributed by atoms with van der Waals surface area (Å²) in [5, 5.41) is 12.8. The van der Waals surface area contributed by atoms with E-state index in [1.807, 2.05) is 13.8 Å². The van der Waals surface area contributed by atoms with Crippen molar-refractivity contribution in [3.63, 3.8) is 0 Å². The van der Waals surface area contributed by atoms with Crippen molar-refractivity contribution in [2.75, 3.05) is 10.6 Å². The first-order valence-electron chi connectivity index (χ1n) is 5.67. The number of anilines is 2. The summed E-state index contributed by atoms with van der Waals surface area (Å²) in [7, 11) is 0. The first-order chi connectivity index (χ1) is 8.97. The Balaban J connectivity index is 2.10. The molecule has 3 N–H and O–H groups in total. The molecule has 19 heavy (non-hydrogen) atoms. The Bertz CT molecular complexity index is 629. The van der Waals surface area contributed by atoms with Crippen LogP contribution in [0.15, 0.2) is 12.1 Å². The lowest BCUT2D eigenvalue weighted by Crippen LogP contribution is -2.11. The Kier molecular flexibility index (Phi) is 3.66. The van der Waals surface area contributed by atoms with Crippen molar-refractivity contribution in [1.82, 2.24) is 10.2 Å². The average Bonchev–Trinajstić information content (AvgIpc) is 2.90. The van der Waals surface area contributed by atoms with Crippen LogP contribution >= 0.6 is 11.3 Å². The molecule has 100 valence electrons. The van der Waals surface area contributed by atoms with Crippen LogP contribution in [0.3, 0.4) is 0 Å². The number of hydrogen-bond donors (Lipinski definition) is 3. The molecule has 0 spiro atoms. The Morgan fingerprint density at radius 2 is 2.00 bits per heavy atom. The predicted octanol–water partition coefficient (Wildman–Crippen LogP) is 2.30.